The SMILES string of the molecule is COC(=O)[C@@H](N(C)N(Cc1cccc(F)c1F)C(=O)CC(=O)OCC(C)C)C(C)(C)C. The van der Waals surface area contributed by atoms with E-state index >= 15 is 0 Å². The zero-order valence-electron chi connectivity index (χ0n) is 19.2. The number of nitrogens with zero attached hydrogens (tertiary/aromatic N) is 2. The van der Waals surface area contributed by atoms with Gasteiger partial charge in [0, 0.05) is 12.6 Å². The fraction of sp³-hybridized carbons (Fsp3) is 0.591. The Bertz CT molecular complexity index is 793. The molecule has 1 aromatic carbocycles. The first-order valence-corrected chi connectivity index (χ1v) is 9.99. The van der Waals surface area contributed by atoms with Crippen LogP contribution in [0.3, 0.4) is 0 Å². The Labute approximate surface area is 182 Å². The van der Waals surface area contributed by atoms with Gasteiger partial charge in [-0.3, -0.25) is 19.4 Å². The molecule has 0 N–H and O–H groups in total. The van der Waals surface area contributed by atoms with E-state index in [0.717, 1.165) is 11.1 Å². The van der Waals surface area contributed by atoms with Crippen LogP contribution in [-0.2, 0) is 30.4 Å². The third-order valence-corrected chi connectivity index (χ3v) is 4.51. The molecule has 0 radical (unpaired) electrons. The zero-order valence-corrected chi connectivity index (χ0v) is 19.2. The third kappa shape index (κ3) is 7.57. The van der Waals surface area contributed by atoms with Crippen molar-refractivity contribution < 1.29 is 32.6 Å². The summed E-state index contributed by atoms with van der Waals surface area (Å²) in [6, 6.07) is 2.66. The third-order valence-electron chi connectivity index (χ3n) is 4.51. The van der Waals surface area contributed by atoms with Crippen LogP contribution in [0.2, 0.25) is 0 Å². The Balaban J connectivity index is 3.28. The Kier molecular flexibility index (Phi) is 9.55. The Morgan fingerprint density at radius 2 is 1.74 bits per heavy atom. The summed E-state index contributed by atoms with van der Waals surface area (Å²) in [4.78, 5) is 37.6. The van der Waals surface area contributed by atoms with Crippen LogP contribution in [0.1, 0.15) is 46.6 Å². The van der Waals surface area contributed by atoms with E-state index in [2.05, 4.69) is 0 Å². The van der Waals surface area contributed by atoms with Crippen molar-refractivity contribution in [3.05, 3.63) is 35.4 Å². The van der Waals surface area contributed by atoms with Crippen LogP contribution < -0.4 is 0 Å². The predicted molar refractivity (Wildman–Crippen MR) is 110 cm³/mol. The second kappa shape index (κ2) is 11.2. The number of likely N-dealkylation sites (N-methyl/N-ethyl adjacent to an activating group) is 1. The standard InChI is InChI=1S/C22H32F2N2O5/c1-14(2)13-31-18(28)11-17(27)26(12-15-9-8-10-16(23)19(15)24)25(6)20(21(29)30-7)22(3,4)5/h8-10,14,20H,11-13H2,1-7H3/t20-/m1/s1. The van der Waals surface area contributed by atoms with Crippen molar-refractivity contribution in [3.8, 4) is 0 Å². The molecule has 0 aliphatic heterocycles. The summed E-state index contributed by atoms with van der Waals surface area (Å²) in [6.45, 7) is 8.78. The van der Waals surface area contributed by atoms with Gasteiger partial charge in [-0.2, -0.15) is 0 Å². The lowest BCUT2D eigenvalue weighted by Gasteiger charge is -2.41. The minimum Gasteiger partial charge on any atom is -0.468 e. The van der Waals surface area contributed by atoms with E-state index < -0.39 is 47.4 Å². The van der Waals surface area contributed by atoms with Gasteiger partial charge in [0.1, 0.15) is 12.5 Å². The van der Waals surface area contributed by atoms with E-state index in [4.69, 9.17) is 9.47 Å². The molecule has 0 bridgehead atoms. The second-order valence-corrected chi connectivity index (χ2v) is 8.78. The highest BCUT2D eigenvalue weighted by atomic mass is 19.2. The first kappa shape index (κ1) is 26.5. The largest absolute Gasteiger partial charge is 0.468 e. The number of rotatable bonds is 9. The lowest BCUT2D eigenvalue weighted by molar-refractivity contribution is -0.173. The highest BCUT2D eigenvalue weighted by Crippen LogP contribution is 2.27. The van der Waals surface area contributed by atoms with Crippen LogP contribution in [0.25, 0.3) is 0 Å². The van der Waals surface area contributed by atoms with Gasteiger partial charge in [-0.05, 0) is 17.4 Å². The lowest BCUT2D eigenvalue weighted by atomic mass is 9.86. The van der Waals surface area contributed by atoms with E-state index in [1.54, 1.807) is 20.8 Å². The molecule has 0 heterocycles. The van der Waals surface area contributed by atoms with Crippen LogP contribution in [0, 0.1) is 23.0 Å². The predicted octanol–water partition coefficient (Wildman–Crippen LogP) is 3.32. The Morgan fingerprint density at radius 3 is 2.26 bits per heavy atom. The molecule has 1 amide bonds. The van der Waals surface area contributed by atoms with Gasteiger partial charge in [-0.15, -0.1) is 0 Å². The molecule has 0 saturated carbocycles. The highest BCUT2D eigenvalue weighted by Gasteiger charge is 2.40. The summed E-state index contributed by atoms with van der Waals surface area (Å²) in [7, 11) is 2.68. The maximum Gasteiger partial charge on any atom is 0.325 e. The van der Waals surface area contributed by atoms with Gasteiger partial charge in [-0.25, -0.2) is 13.8 Å². The molecule has 0 aliphatic carbocycles. The van der Waals surface area contributed by atoms with Crippen LogP contribution in [-0.4, -0.2) is 54.7 Å². The number of halogens is 2. The average molecular weight is 443 g/mol. The van der Waals surface area contributed by atoms with Crippen molar-refractivity contribution in [2.75, 3.05) is 20.8 Å². The number of carbonyl (C=O) groups excluding carboxylic acids is 3. The minimum absolute atomic E-state index is 0.0869. The molecule has 0 unspecified atom stereocenters. The van der Waals surface area contributed by atoms with Gasteiger partial charge < -0.3 is 9.47 Å². The molecular formula is C22H32F2N2O5. The first-order valence-electron chi connectivity index (χ1n) is 9.99. The van der Waals surface area contributed by atoms with Crippen molar-refractivity contribution in [2.45, 2.75) is 53.6 Å². The molecule has 0 saturated heterocycles. The van der Waals surface area contributed by atoms with Gasteiger partial charge in [0.15, 0.2) is 11.6 Å². The highest BCUT2D eigenvalue weighted by molar-refractivity contribution is 5.94. The summed E-state index contributed by atoms with van der Waals surface area (Å²) in [5, 5.41) is 2.34. The summed E-state index contributed by atoms with van der Waals surface area (Å²) in [5.74, 6) is -4.18. The smallest absolute Gasteiger partial charge is 0.325 e. The molecule has 1 aromatic rings. The molecule has 0 spiro atoms. The molecule has 174 valence electrons. The zero-order chi connectivity index (χ0) is 23.9. The monoisotopic (exact) mass is 442 g/mol. The number of hydrogen-bond acceptors (Lipinski definition) is 6. The van der Waals surface area contributed by atoms with Gasteiger partial charge in [0.2, 0.25) is 5.91 Å². The van der Waals surface area contributed by atoms with Gasteiger partial charge in [0.05, 0.1) is 20.3 Å². The number of carbonyl (C=O) groups is 3. The van der Waals surface area contributed by atoms with E-state index in [0.29, 0.717) is 0 Å². The molecular weight excluding hydrogens is 410 g/mol. The van der Waals surface area contributed by atoms with E-state index in [1.807, 2.05) is 13.8 Å². The van der Waals surface area contributed by atoms with Gasteiger partial charge in [-0.1, -0.05) is 46.8 Å². The number of ether oxygens (including phenoxy) is 2. The van der Waals surface area contributed by atoms with Crippen LogP contribution in [0.5, 0.6) is 0 Å². The number of hydrazine groups is 1. The molecule has 1 atom stereocenters. The van der Waals surface area contributed by atoms with Gasteiger partial charge >= 0.3 is 11.9 Å². The molecule has 0 aromatic heterocycles. The lowest BCUT2D eigenvalue weighted by Crippen LogP contribution is -2.57. The van der Waals surface area contributed by atoms with Crippen molar-refractivity contribution >= 4 is 17.8 Å². The normalized spacial score (nSPS) is 12.6. The second-order valence-electron chi connectivity index (χ2n) is 8.78. The van der Waals surface area contributed by atoms with E-state index in [-0.39, 0.29) is 24.6 Å². The molecule has 31 heavy (non-hydrogen) atoms. The fourth-order valence-electron chi connectivity index (χ4n) is 3.05. The van der Waals surface area contributed by atoms with Gasteiger partial charge in [0.25, 0.3) is 0 Å². The van der Waals surface area contributed by atoms with Crippen LogP contribution in [0.15, 0.2) is 18.2 Å². The van der Waals surface area contributed by atoms with E-state index in [9.17, 15) is 23.2 Å². The van der Waals surface area contributed by atoms with Crippen molar-refractivity contribution in [2.24, 2.45) is 11.3 Å². The topological polar surface area (TPSA) is 76.2 Å². The van der Waals surface area contributed by atoms with Crippen molar-refractivity contribution in [1.29, 1.82) is 0 Å². The quantitative estimate of drug-likeness (QED) is 0.332. The molecule has 0 aliphatic rings. The first-order chi connectivity index (χ1) is 14.3. The Morgan fingerprint density at radius 1 is 1.13 bits per heavy atom. The van der Waals surface area contributed by atoms with Crippen molar-refractivity contribution in [1.82, 2.24) is 10.0 Å². The van der Waals surface area contributed by atoms with Crippen molar-refractivity contribution in [3.63, 3.8) is 0 Å². The number of hydrogen-bond donors (Lipinski definition) is 0. The molecule has 9 heteroatoms. The number of amides is 1. The summed E-state index contributed by atoms with van der Waals surface area (Å²) in [5.41, 5.74) is -0.785. The van der Waals surface area contributed by atoms with E-state index in [1.165, 1.54) is 31.3 Å². The number of esters is 2. The summed E-state index contributed by atoms with van der Waals surface area (Å²) in [6.07, 6.45) is -0.619. The van der Waals surface area contributed by atoms with Crippen LogP contribution >= 0.6 is 0 Å². The number of benzene rings is 1. The molecule has 7 nitrogen and oxygen atoms in total. The fourth-order valence-corrected chi connectivity index (χ4v) is 3.05. The summed E-state index contributed by atoms with van der Waals surface area (Å²) < 4.78 is 38.0. The summed E-state index contributed by atoms with van der Waals surface area (Å²) >= 11 is 0. The maximum absolute atomic E-state index is 14.3. The average Bonchev–Trinajstić information content (AvgIpc) is 2.66. The maximum atomic E-state index is 14.3. The molecule has 1 rings (SSSR count). The molecule has 0 fully saturated rings. The number of methoxy groups -OCH3 is 1. The Hall–Kier alpha value is -2.55. The minimum atomic E-state index is -1.11. The van der Waals surface area contributed by atoms with Crippen LogP contribution in [0.4, 0.5) is 8.78 Å².